The molecule has 1 N–H and O–H groups in total. The van der Waals surface area contributed by atoms with Gasteiger partial charge in [-0.05, 0) is 12.5 Å². The van der Waals surface area contributed by atoms with Crippen LogP contribution in [0.3, 0.4) is 0 Å². The Kier molecular flexibility index (Phi) is 4.64. The number of benzene rings is 1. The summed E-state index contributed by atoms with van der Waals surface area (Å²) in [7, 11) is 1.57. The second-order valence-electron chi connectivity index (χ2n) is 3.39. The molecule has 0 heterocycles. The normalized spacial score (nSPS) is 9.88. The third-order valence-corrected chi connectivity index (χ3v) is 2.08. The molecule has 0 unspecified atom stereocenters. The van der Waals surface area contributed by atoms with Gasteiger partial charge < -0.3 is 14.6 Å². The number of rotatable bonds is 6. The highest BCUT2D eigenvalue weighted by Gasteiger charge is 2.09. The first-order valence-electron chi connectivity index (χ1n) is 5.19. The number of ether oxygens (including phenoxy) is 2. The van der Waals surface area contributed by atoms with E-state index in [-0.39, 0.29) is 6.42 Å². The Morgan fingerprint density at radius 1 is 1.44 bits per heavy atom. The van der Waals surface area contributed by atoms with Gasteiger partial charge in [0, 0.05) is 11.6 Å². The van der Waals surface area contributed by atoms with Crippen molar-refractivity contribution >= 4 is 5.97 Å². The summed E-state index contributed by atoms with van der Waals surface area (Å²) in [5, 5.41) is 8.76. The van der Waals surface area contributed by atoms with E-state index >= 15 is 0 Å². The minimum absolute atomic E-state index is 0.0386. The van der Waals surface area contributed by atoms with E-state index in [0.29, 0.717) is 23.7 Å². The lowest BCUT2D eigenvalue weighted by molar-refractivity contribution is -0.136. The third kappa shape index (κ3) is 3.46. The fourth-order valence-corrected chi connectivity index (χ4v) is 1.32. The van der Waals surface area contributed by atoms with Crippen molar-refractivity contribution in [1.29, 1.82) is 0 Å². The lowest BCUT2D eigenvalue weighted by Gasteiger charge is -2.11. The molecule has 0 aliphatic carbocycles. The number of aliphatic carboxylic acids is 1. The molecule has 0 spiro atoms. The van der Waals surface area contributed by atoms with Crippen LogP contribution in [0.25, 0.3) is 0 Å². The molecule has 88 valence electrons. The van der Waals surface area contributed by atoms with E-state index in [9.17, 15) is 4.79 Å². The molecule has 4 heteroatoms. The van der Waals surface area contributed by atoms with Crippen LogP contribution in [0.4, 0.5) is 0 Å². The van der Waals surface area contributed by atoms with Crippen molar-refractivity contribution in [3.8, 4) is 11.5 Å². The molecular formula is C12H16O4. The van der Waals surface area contributed by atoms with Gasteiger partial charge in [0.2, 0.25) is 0 Å². The number of carboxylic acid groups (broad SMARTS) is 1. The minimum Gasteiger partial charge on any atom is -0.497 e. The highest BCUT2D eigenvalue weighted by Crippen LogP contribution is 2.25. The first-order chi connectivity index (χ1) is 7.67. The molecule has 0 saturated heterocycles. The molecule has 1 aromatic carbocycles. The number of methoxy groups -OCH3 is 1. The maximum Gasteiger partial charge on any atom is 0.307 e. The summed E-state index contributed by atoms with van der Waals surface area (Å²) in [4.78, 5) is 10.7. The van der Waals surface area contributed by atoms with Crippen LogP contribution in [0.5, 0.6) is 11.5 Å². The molecule has 16 heavy (non-hydrogen) atoms. The highest BCUT2D eigenvalue weighted by atomic mass is 16.5. The lowest BCUT2D eigenvalue weighted by atomic mass is 10.1. The number of hydrogen-bond acceptors (Lipinski definition) is 3. The summed E-state index contributed by atoms with van der Waals surface area (Å²) in [6.07, 6.45) is 0.840. The second-order valence-corrected chi connectivity index (χ2v) is 3.39. The summed E-state index contributed by atoms with van der Waals surface area (Å²) in [6.45, 7) is 2.57. The molecule has 0 aliphatic rings. The topological polar surface area (TPSA) is 55.8 Å². The Labute approximate surface area is 94.8 Å². The van der Waals surface area contributed by atoms with Crippen molar-refractivity contribution in [3.05, 3.63) is 23.8 Å². The van der Waals surface area contributed by atoms with Gasteiger partial charge in [-0.15, -0.1) is 0 Å². The Bertz CT molecular complexity index is 360. The summed E-state index contributed by atoms with van der Waals surface area (Å²) >= 11 is 0. The Hall–Kier alpha value is -1.71. The molecule has 4 nitrogen and oxygen atoms in total. The molecule has 0 radical (unpaired) electrons. The molecule has 0 aromatic heterocycles. The van der Waals surface area contributed by atoms with Gasteiger partial charge in [0.15, 0.2) is 0 Å². The van der Waals surface area contributed by atoms with E-state index in [0.717, 1.165) is 6.42 Å². The largest absolute Gasteiger partial charge is 0.497 e. The zero-order valence-electron chi connectivity index (χ0n) is 9.53. The summed E-state index contributed by atoms with van der Waals surface area (Å²) < 4.78 is 10.6. The average Bonchev–Trinajstić information content (AvgIpc) is 2.27. The van der Waals surface area contributed by atoms with Crippen LogP contribution in [0.2, 0.25) is 0 Å². The monoisotopic (exact) mass is 224 g/mol. The molecule has 1 rings (SSSR count). The van der Waals surface area contributed by atoms with Gasteiger partial charge in [-0.1, -0.05) is 13.0 Å². The molecule has 0 amide bonds. The SMILES string of the molecule is CCCOc1cc(OC)ccc1CC(=O)O. The predicted molar refractivity (Wildman–Crippen MR) is 60.1 cm³/mol. The molecule has 0 aliphatic heterocycles. The second kappa shape index (κ2) is 6.00. The molecule has 1 aromatic rings. The maximum absolute atomic E-state index is 10.7. The first-order valence-corrected chi connectivity index (χ1v) is 5.19. The summed E-state index contributed by atoms with van der Waals surface area (Å²) in [6, 6.07) is 5.17. The van der Waals surface area contributed by atoms with Gasteiger partial charge in [0.25, 0.3) is 0 Å². The molecular weight excluding hydrogens is 208 g/mol. The predicted octanol–water partition coefficient (Wildman–Crippen LogP) is 2.11. The lowest BCUT2D eigenvalue weighted by Crippen LogP contribution is -2.04. The van der Waals surface area contributed by atoms with Crippen molar-refractivity contribution in [2.24, 2.45) is 0 Å². The van der Waals surface area contributed by atoms with E-state index < -0.39 is 5.97 Å². The highest BCUT2D eigenvalue weighted by molar-refractivity contribution is 5.71. The van der Waals surface area contributed by atoms with Gasteiger partial charge in [0.1, 0.15) is 11.5 Å². The van der Waals surface area contributed by atoms with Crippen LogP contribution in [-0.4, -0.2) is 24.8 Å². The summed E-state index contributed by atoms with van der Waals surface area (Å²) in [5.74, 6) is 0.385. The first kappa shape index (κ1) is 12.4. The van der Waals surface area contributed by atoms with Crippen LogP contribution in [0.1, 0.15) is 18.9 Å². The zero-order valence-corrected chi connectivity index (χ0v) is 9.53. The van der Waals surface area contributed by atoms with Crippen LogP contribution in [0.15, 0.2) is 18.2 Å². The molecule has 0 saturated carbocycles. The Balaban J connectivity index is 2.91. The average molecular weight is 224 g/mol. The number of carbonyl (C=O) groups is 1. The smallest absolute Gasteiger partial charge is 0.307 e. The van der Waals surface area contributed by atoms with Crippen molar-refractivity contribution in [1.82, 2.24) is 0 Å². The van der Waals surface area contributed by atoms with Gasteiger partial charge in [0.05, 0.1) is 20.1 Å². The van der Waals surface area contributed by atoms with E-state index in [1.165, 1.54) is 0 Å². The minimum atomic E-state index is -0.869. The van der Waals surface area contributed by atoms with Gasteiger partial charge in [-0.2, -0.15) is 0 Å². The van der Waals surface area contributed by atoms with E-state index in [4.69, 9.17) is 14.6 Å². The molecule has 0 fully saturated rings. The van der Waals surface area contributed by atoms with Gasteiger partial charge >= 0.3 is 5.97 Å². The van der Waals surface area contributed by atoms with Crippen molar-refractivity contribution in [2.45, 2.75) is 19.8 Å². The van der Waals surface area contributed by atoms with Crippen LogP contribution < -0.4 is 9.47 Å². The van der Waals surface area contributed by atoms with E-state index in [2.05, 4.69) is 0 Å². The standard InChI is InChI=1S/C12H16O4/c1-3-6-16-11-8-10(15-2)5-4-9(11)7-12(13)14/h4-5,8H,3,6-7H2,1-2H3,(H,13,14). The summed E-state index contributed by atoms with van der Waals surface area (Å²) in [5.41, 5.74) is 0.668. The van der Waals surface area contributed by atoms with Gasteiger partial charge in [-0.25, -0.2) is 0 Å². The van der Waals surface area contributed by atoms with Crippen molar-refractivity contribution in [2.75, 3.05) is 13.7 Å². The van der Waals surface area contributed by atoms with Crippen molar-refractivity contribution in [3.63, 3.8) is 0 Å². The van der Waals surface area contributed by atoms with Crippen molar-refractivity contribution < 1.29 is 19.4 Å². The maximum atomic E-state index is 10.7. The quantitative estimate of drug-likeness (QED) is 0.804. The molecule has 0 atom stereocenters. The van der Waals surface area contributed by atoms with Crippen LogP contribution >= 0.6 is 0 Å². The Morgan fingerprint density at radius 3 is 2.75 bits per heavy atom. The van der Waals surface area contributed by atoms with Crippen LogP contribution in [0, 0.1) is 0 Å². The van der Waals surface area contributed by atoms with Crippen LogP contribution in [-0.2, 0) is 11.2 Å². The van der Waals surface area contributed by atoms with E-state index in [1.54, 1.807) is 25.3 Å². The zero-order chi connectivity index (χ0) is 12.0. The number of carboxylic acids is 1. The van der Waals surface area contributed by atoms with E-state index in [1.807, 2.05) is 6.92 Å². The Morgan fingerprint density at radius 2 is 2.19 bits per heavy atom. The fourth-order valence-electron chi connectivity index (χ4n) is 1.32. The molecule has 0 bridgehead atoms. The fraction of sp³-hybridized carbons (Fsp3) is 0.417. The van der Waals surface area contributed by atoms with Gasteiger partial charge in [-0.3, -0.25) is 4.79 Å². The third-order valence-electron chi connectivity index (χ3n) is 2.08. The number of hydrogen-bond donors (Lipinski definition) is 1.